The average Bonchev–Trinajstić information content (AvgIpc) is 2.63. The summed E-state index contributed by atoms with van der Waals surface area (Å²) in [5.74, 6) is 0.526. The maximum Gasteiger partial charge on any atom is 0.276 e. The van der Waals surface area contributed by atoms with E-state index in [0.717, 1.165) is 30.5 Å². The van der Waals surface area contributed by atoms with Gasteiger partial charge in [-0.05, 0) is 31.9 Å². The third kappa shape index (κ3) is 2.48. The van der Waals surface area contributed by atoms with Gasteiger partial charge in [0.25, 0.3) is 5.56 Å². The quantitative estimate of drug-likeness (QED) is 0.865. The van der Waals surface area contributed by atoms with Gasteiger partial charge in [0, 0.05) is 11.3 Å². The Morgan fingerprint density at radius 2 is 2.22 bits per heavy atom. The molecule has 2 aromatic heterocycles. The van der Waals surface area contributed by atoms with E-state index in [1.807, 2.05) is 6.92 Å². The first-order valence-electron chi connectivity index (χ1n) is 6.07. The maximum absolute atomic E-state index is 12.3. The van der Waals surface area contributed by atoms with Crippen molar-refractivity contribution in [1.29, 1.82) is 0 Å². The van der Waals surface area contributed by atoms with Gasteiger partial charge in [-0.2, -0.15) is 0 Å². The number of nitrogens with zero attached hydrogens (tertiary/aromatic N) is 2. The molecular weight excluding hydrogens is 250 g/mol. The SMILES string of the molecule is CCCCc1c(C)[nH]n(-c2cccc(Cl)n2)c1=O. The first kappa shape index (κ1) is 12.9. The van der Waals surface area contributed by atoms with E-state index in [9.17, 15) is 4.79 Å². The molecule has 0 fully saturated rings. The molecule has 0 aliphatic heterocycles. The van der Waals surface area contributed by atoms with Gasteiger partial charge >= 0.3 is 0 Å². The van der Waals surface area contributed by atoms with Crippen molar-refractivity contribution in [2.45, 2.75) is 33.1 Å². The maximum atomic E-state index is 12.3. The van der Waals surface area contributed by atoms with Gasteiger partial charge in [0.1, 0.15) is 5.15 Å². The van der Waals surface area contributed by atoms with Crippen molar-refractivity contribution in [2.24, 2.45) is 0 Å². The number of nitrogens with one attached hydrogen (secondary N) is 1. The van der Waals surface area contributed by atoms with E-state index in [1.54, 1.807) is 18.2 Å². The van der Waals surface area contributed by atoms with Gasteiger partial charge in [-0.25, -0.2) is 9.67 Å². The van der Waals surface area contributed by atoms with Crippen LogP contribution >= 0.6 is 11.6 Å². The lowest BCUT2D eigenvalue weighted by Gasteiger charge is -2.00. The number of pyridine rings is 1. The highest BCUT2D eigenvalue weighted by atomic mass is 35.5. The zero-order valence-corrected chi connectivity index (χ0v) is 11.3. The Morgan fingerprint density at radius 1 is 1.44 bits per heavy atom. The van der Waals surface area contributed by atoms with Crippen LogP contribution < -0.4 is 5.56 Å². The van der Waals surface area contributed by atoms with E-state index in [-0.39, 0.29) is 5.56 Å². The summed E-state index contributed by atoms with van der Waals surface area (Å²) in [6, 6.07) is 5.22. The van der Waals surface area contributed by atoms with Crippen LogP contribution in [0.2, 0.25) is 5.15 Å². The highest BCUT2D eigenvalue weighted by Gasteiger charge is 2.12. The van der Waals surface area contributed by atoms with Crippen molar-refractivity contribution < 1.29 is 0 Å². The highest BCUT2D eigenvalue weighted by molar-refractivity contribution is 6.29. The molecule has 2 aromatic rings. The summed E-state index contributed by atoms with van der Waals surface area (Å²) in [5.41, 5.74) is 1.70. The summed E-state index contributed by atoms with van der Waals surface area (Å²) in [4.78, 5) is 16.4. The molecule has 0 unspecified atom stereocenters. The normalized spacial score (nSPS) is 10.8. The molecule has 1 N–H and O–H groups in total. The number of aromatic amines is 1. The Labute approximate surface area is 111 Å². The van der Waals surface area contributed by atoms with Crippen LogP contribution in [-0.2, 0) is 6.42 Å². The highest BCUT2D eigenvalue weighted by Crippen LogP contribution is 2.10. The lowest BCUT2D eigenvalue weighted by atomic mass is 10.1. The number of halogens is 1. The molecule has 2 heterocycles. The largest absolute Gasteiger partial charge is 0.294 e. The van der Waals surface area contributed by atoms with E-state index in [1.165, 1.54) is 4.68 Å². The Bertz CT molecular complexity index is 601. The second-order valence-electron chi connectivity index (χ2n) is 4.28. The van der Waals surface area contributed by atoms with Crippen molar-refractivity contribution >= 4 is 11.6 Å². The minimum Gasteiger partial charge on any atom is -0.294 e. The number of aryl methyl sites for hydroxylation is 1. The molecular formula is C13H16ClN3O. The third-order valence-corrected chi connectivity index (χ3v) is 3.11. The molecule has 0 aliphatic rings. The van der Waals surface area contributed by atoms with Crippen LogP contribution in [0.5, 0.6) is 0 Å². The molecule has 0 saturated carbocycles. The predicted molar refractivity (Wildman–Crippen MR) is 72.5 cm³/mol. The molecule has 0 atom stereocenters. The minimum absolute atomic E-state index is 0.0317. The van der Waals surface area contributed by atoms with Gasteiger partial charge in [-0.1, -0.05) is 31.0 Å². The summed E-state index contributed by atoms with van der Waals surface area (Å²) in [5, 5.41) is 3.42. The Morgan fingerprint density at radius 3 is 2.89 bits per heavy atom. The zero-order chi connectivity index (χ0) is 13.1. The van der Waals surface area contributed by atoms with Crippen molar-refractivity contribution in [3.05, 3.63) is 45.0 Å². The fourth-order valence-electron chi connectivity index (χ4n) is 1.91. The summed E-state index contributed by atoms with van der Waals surface area (Å²) >= 11 is 5.84. The van der Waals surface area contributed by atoms with Gasteiger partial charge < -0.3 is 0 Å². The second-order valence-corrected chi connectivity index (χ2v) is 4.67. The fourth-order valence-corrected chi connectivity index (χ4v) is 2.07. The molecule has 2 rings (SSSR count). The van der Waals surface area contributed by atoms with E-state index in [0.29, 0.717) is 11.0 Å². The van der Waals surface area contributed by atoms with Gasteiger partial charge in [0.05, 0.1) is 0 Å². The minimum atomic E-state index is -0.0317. The monoisotopic (exact) mass is 265 g/mol. The Balaban J connectivity index is 2.44. The van der Waals surface area contributed by atoms with Gasteiger partial charge in [-0.3, -0.25) is 9.89 Å². The lowest BCUT2D eigenvalue weighted by Crippen LogP contribution is -2.18. The second kappa shape index (κ2) is 5.40. The first-order valence-corrected chi connectivity index (χ1v) is 6.44. The summed E-state index contributed by atoms with van der Waals surface area (Å²) < 4.78 is 1.45. The van der Waals surface area contributed by atoms with E-state index >= 15 is 0 Å². The fraction of sp³-hybridized carbons (Fsp3) is 0.385. The van der Waals surface area contributed by atoms with Crippen molar-refractivity contribution in [1.82, 2.24) is 14.8 Å². The van der Waals surface area contributed by atoms with Crippen LogP contribution in [0, 0.1) is 6.92 Å². The number of aromatic nitrogens is 3. The standard InChI is InChI=1S/C13H16ClN3O/c1-3-4-6-10-9(2)16-17(13(10)18)12-8-5-7-11(14)15-12/h5,7-8,16H,3-4,6H2,1-2H3. The molecule has 0 spiro atoms. The van der Waals surface area contributed by atoms with E-state index in [2.05, 4.69) is 17.0 Å². The molecule has 96 valence electrons. The summed E-state index contributed by atoms with van der Waals surface area (Å²) in [7, 11) is 0. The number of hydrogen-bond donors (Lipinski definition) is 1. The van der Waals surface area contributed by atoms with Gasteiger partial charge in [-0.15, -0.1) is 0 Å². The van der Waals surface area contributed by atoms with E-state index in [4.69, 9.17) is 11.6 Å². The average molecular weight is 266 g/mol. The van der Waals surface area contributed by atoms with E-state index < -0.39 is 0 Å². The smallest absolute Gasteiger partial charge is 0.276 e. The van der Waals surface area contributed by atoms with Crippen LogP contribution in [-0.4, -0.2) is 14.8 Å². The number of unbranched alkanes of at least 4 members (excludes halogenated alkanes) is 1. The van der Waals surface area contributed by atoms with Gasteiger partial charge in [0.2, 0.25) is 0 Å². The number of rotatable bonds is 4. The van der Waals surface area contributed by atoms with Crippen LogP contribution in [0.1, 0.15) is 31.0 Å². The van der Waals surface area contributed by atoms with Crippen LogP contribution in [0.4, 0.5) is 0 Å². The molecule has 0 aromatic carbocycles. The Kier molecular flexibility index (Phi) is 3.87. The zero-order valence-electron chi connectivity index (χ0n) is 10.5. The predicted octanol–water partition coefficient (Wildman–Crippen LogP) is 2.87. The lowest BCUT2D eigenvalue weighted by molar-refractivity contribution is 0.782. The molecule has 5 heteroatoms. The van der Waals surface area contributed by atoms with Crippen molar-refractivity contribution in [2.75, 3.05) is 0 Å². The topological polar surface area (TPSA) is 50.7 Å². The van der Waals surface area contributed by atoms with Crippen LogP contribution in [0.3, 0.4) is 0 Å². The summed E-state index contributed by atoms with van der Waals surface area (Å²) in [6.07, 6.45) is 2.88. The van der Waals surface area contributed by atoms with Crippen molar-refractivity contribution in [3.63, 3.8) is 0 Å². The van der Waals surface area contributed by atoms with Gasteiger partial charge in [0.15, 0.2) is 5.82 Å². The molecule has 0 amide bonds. The molecule has 0 saturated heterocycles. The molecule has 0 radical (unpaired) electrons. The number of hydrogen-bond acceptors (Lipinski definition) is 2. The Hall–Kier alpha value is -1.55. The summed E-state index contributed by atoms with van der Waals surface area (Å²) in [6.45, 7) is 4.02. The van der Waals surface area contributed by atoms with Crippen molar-refractivity contribution in [3.8, 4) is 5.82 Å². The first-order chi connectivity index (χ1) is 8.63. The van der Waals surface area contributed by atoms with Crippen LogP contribution in [0.15, 0.2) is 23.0 Å². The molecule has 0 bridgehead atoms. The van der Waals surface area contributed by atoms with Crippen LogP contribution in [0.25, 0.3) is 5.82 Å². The molecule has 0 aliphatic carbocycles. The molecule has 4 nitrogen and oxygen atoms in total. The molecule has 18 heavy (non-hydrogen) atoms. The number of H-pyrrole nitrogens is 1. The third-order valence-electron chi connectivity index (χ3n) is 2.90.